The summed E-state index contributed by atoms with van der Waals surface area (Å²) in [6.45, 7) is 6.05. The first-order chi connectivity index (χ1) is 10.0. The van der Waals surface area contributed by atoms with Crippen molar-refractivity contribution in [3.05, 3.63) is 65.2 Å². The Morgan fingerprint density at radius 3 is 2.19 bits per heavy atom. The Morgan fingerprint density at radius 1 is 0.810 bits per heavy atom. The molecule has 0 radical (unpaired) electrons. The summed E-state index contributed by atoms with van der Waals surface area (Å²) in [4.78, 5) is 0. The van der Waals surface area contributed by atoms with Crippen LogP contribution in [0.3, 0.4) is 0 Å². The van der Waals surface area contributed by atoms with Crippen LogP contribution in [-0.2, 0) is 0 Å². The minimum absolute atomic E-state index is 0.381. The zero-order valence-electron chi connectivity index (χ0n) is 12.6. The first-order valence-corrected chi connectivity index (χ1v) is 7.11. The number of fused-ring (bicyclic) bond motifs is 1. The molecule has 3 rings (SSSR count). The molecular weight excluding hydrogens is 258 g/mol. The average Bonchev–Trinajstić information content (AvgIpc) is 2.47. The lowest BCUT2D eigenvalue weighted by molar-refractivity contribution is 0.477. The van der Waals surface area contributed by atoms with Crippen LogP contribution < -0.4 is 5.32 Å². The maximum Gasteiger partial charge on any atom is 0.126 e. The van der Waals surface area contributed by atoms with Crippen LogP contribution in [-0.4, -0.2) is 5.11 Å². The molecule has 0 amide bonds. The molecule has 0 fully saturated rings. The molecule has 2 nitrogen and oxygen atoms in total. The van der Waals surface area contributed by atoms with Gasteiger partial charge in [-0.05, 0) is 67.6 Å². The van der Waals surface area contributed by atoms with Gasteiger partial charge in [0.25, 0.3) is 0 Å². The summed E-state index contributed by atoms with van der Waals surface area (Å²) in [6, 6.07) is 16.5. The Morgan fingerprint density at radius 2 is 1.48 bits per heavy atom. The average molecular weight is 277 g/mol. The van der Waals surface area contributed by atoms with Gasteiger partial charge >= 0.3 is 0 Å². The molecule has 0 bridgehead atoms. The summed E-state index contributed by atoms with van der Waals surface area (Å²) >= 11 is 0. The fourth-order valence-electron chi connectivity index (χ4n) is 2.51. The fourth-order valence-corrected chi connectivity index (χ4v) is 2.51. The number of hydrogen-bond acceptors (Lipinski definition) is 2. The van der Waals surface area contributed by atoms with Crippen LogP contribution in [0.1, 0.15) is 16.7 Å². The van der Waals surface area contributed by atoms with E-state index in [4.69, 9.17) is 0 Å². The smallest absolute Gasteiger partial charge is 0.126 e. The highest BCUT2D eigenvalue weighted by Gasteiger charge is 2.07. The van der Waals surface area contributed by atoms with Gasteiger partial charge in [-0.2, -0.15) is 0 Å². The number of phenolic OH excluding ortho intramolecular Hbond substituents is 1. The second-order valence-electron chi connectivity index (χ2n) is 5.59. The van der Waals surface area contributed by atoms with Gasteiger partial charge in [0.15, 0.2) is 0 Å². The lowest BCUT2D eigenvalue weighted by Crippen LogP contribution is -1.91. The summed E-state index contributed by atoms with van der Waals surface area (Å²) in [5.74, 6) is 0.381. The summed E-state index contributed by atoms with van der Waals surface area (Å²) in [6.07, 6.45) is 0. The minimum Gasteiger partial charge on any atom is -0.507 e. The topological polar surface area (TPSA) is 32.3 Å². The van der Waals surface area contributed by atoms with Gasteiger partial charge in [0, 0.05) is 16.8 Å². The molecule has 0 saturated carbocycles. The quantitative estimate of drug-likeness (QED) is 0.673. The van der Waals surface area contributed by atoms with Gasteiger partial charge in [0.05, 0.1) is 0 Å². The number of nitrogens with one attached hydrogen (secondary N) is 1. The Labute approximate surface area is 125 Å². The molecule has 0 aliphatic heterocycles. The van der Waals surface area contributed by atoms with Crippen molar-refractivity contribution in [2.24, 2.45) is 0 Å². The number of rotatable bonds is 2. The van der Waals surface area contributed by atoms with Gasteiger partial charge < -0.3 is 10.4 Å². The van der Waals surface area contributed by atoms with Crippen LogP contribution in [0.4, 0.5) is 11.4 Å². The highest BCUT2D eigenvalue weighted by molar-refractivity contribution is 5.93. The Hall–Kier alpha value is -2.48. The zero-order chi connectivity index (χ0) is 15.0. The summed E-state index contributed by atoms with van der Waals surface area (Å²) < 4.78 is 0. The first-order valence-electron chi connectivity index (χ1n) is 7.11. The van der Waals surface area contributed by atoms with E-state index in [0.29, 0.717) is 5.75 Å². The first kappa shape index (κ1) is 13.5. The number of aryl methyl sites for hydroxylation is 2. The Bertz CT molecular complexity index is 804. The molecule has 2 heteroatoms. The second-order valence-corrected chi connectivity index (χ2v) is 5.59. The van der Waals surface area contributed by atoms with Gasteiger partial charge in [0.1, 0.15) is 5.75 Å². The summed E-state index contributed by atoms with van der Waals surface area (Å²) in [5, 5.41) is 15.6. The standard InChI is InChI=1S/C19H19NO/c1-12-4-6-16(7-5-12)20-17-8-9-18-15(11-17)10-13(2)14(3)19(18)21/h4-11,20-21H,1-3H3. The predicted octanol–water partition coefficient (Wildman–Crippen LogP) is 5.21. The second kappa shape index (κ2) is 5.13. The summed E-state index contributed by atoms with van der Waals surface area (Å²) in [7, 11) is 0. The van der Waals surface area contributed by atoms with Crippen LogP contribution >= 0.6 is 0 Å². The normalized spacial score (nSPS) is 10.8. The van der Waals surface area contributed by atoms with Crippen LogP contribution in [0.25, 0.3) is 10.8 Å². The maximum absolute atomic E-state index is 10.2. The maximum atomic E-state index is 10.2. The third-order valence-corrected chi connectivity index (χ3v) is 3.97. The molecule has 0 aliphatic carbocycles. The van der Waals surface area contributed by atoms with Crippen molar-refractivity contribution in [3.63, 3.8) is 0 Å². The SMILES string of the molecule is Cc1ccc(Nc2ccc3c(O)c(C)c(C)cc3c2)cc1. The molecule has 21 heavy (non-hydrogen) atoms. The van der Waals surface area contributed by atoms with E-state index < -0.39 is 0 Å². The molecule has 0 aliphatic rings. The van der Waals surface area contributed by atoms with Crippen LogP contribution in [0.2, 0.25) is 0 Å². The molecule has 0 unspecified atom stereocenters. The van der Waals surface area contributed by atoms with Gasteiger partial charge in [0.2, 0.25) is 0 Å². The molecule has 106 valence electrons. The largest absolute Gasteiger partial charge is 0.507 e. The van der Waals surface area contributed by atoms with E-state index >= 15 is 0 Å². The molecule has 0 saturated heterocycles. The molecular formula is C19H19NO. The van der Waals surface area contributed by atoms with Crippen molar-refractivity contribution < 1.29 is 5.11 Å². The molecule has 3 aromatic carbocycles. The highest BCUT2D eigenvalue weighted by Crippen LogP contribution is 2.33. The lowest BCUT2D eigenvalue weighted by atomic mass is 10.0. The van der Waals surface area contributed by atoms with Gasteiger partial charge in [-0.15, -0.1) is 0 Å². The van der Waals surface area contributed by atoms with Crippen molar-refractivity contribution >= 4 is 22.1 Å². The van der Waals surface area contributed by atoms with E-state index in [-0.39, 0.29) is 0 Å². The van der Waals surface area contributed by atoms with Crippen molar-refractivity contribution in [1.82, 2.24) is 0 Å². The number of hydrogen-bond donors (Lipinski definition) is 2. The van der Waals surface area contributed by atoms with E-state index in [1.165, 1.54) is 5.56 Å². The van der Waals surface area contributed by atoms with E-state index in [0.717, 1.165) is 33.3 Å². The third-order valence-electron chi connectivity index (χ3n) is 3.97. The fraction of sp³-hybridized carbons (Fsp3) is 0.158. The van der Waals surface area contributed by atoms with E-state index in [9.17, 15) is 5.11 Å². The van der Waals surface area contributed by atoms with E-state index in [1.807, 2.05) is 26.0 Å². The van der Waals surface area contributed by atoms with Crippen LogP contribution in [0.5, 0.6) is 5.75 Å². The highest BCUT2D eigenvalue weighted by atomic mass is 16.3. The molecule has 2 N–H and O–H groups in total. The third kappa shape index (κ3) is 2.57. The van der Waals surface area contributed by atoms with Crippen LogP contribution in [0, 0.1) is 20.8 Å². The van der Waals surface area contributed by atoms with Gasteiger partial charge in [-0.25, -0.2) is 0 Å². The molecule has 0 heterocycles. The van der Waals surface area contributed by atoms with E-state index in [1.54, 1.807) is 0 Å². The Balaban J connectivity index is 2.01. The van der Waals surface area contributed by atoms with Crippen molar-refractivity contribution in [1.29, 1.82) is 0 Å². The molecule has 3 aromatic rings. The number of anilines is 2. The Kier molecular flexibility index (Phi) is 3.30. The molecule has 0 spiro atoms. The molecule has 0 atom stereocenters. The molecule has 0 aromatic heterocycles. The lowest BCUT2D eigenvalue weighted by Gasteiger charge is -2.11. The van der Waals surface area contributed by atoms with Crippen molar-refractivity contribution in [2.45, 2.75) is 20.8 Å². The van der Waals surface area contributed by atoms with Gasteiger partial charge in [-0.3, -0.25) is 0 Å². The summed E-state index contributed by atoms with van der Waals surface area (Å²) in [5.41, 5.74) is 5.38. The van der Waals surface area contributed by atoms with Gasteiger partial charge in [-0.1, -0.05) is 23.8 Å². The van der Waals surface area contributed by atoms with Crippen molar-refractivity contribution in [3.8, 4) is 5.75 Å². The van der Waals surface area contributed by atoms with Crippen LogP contribution in [0.15, 0.2) is 48.5 Å². The number of aromatic hydroxyl groups is 1. The monoisotopic (exact) mass is 277 g/mol. The predicted molar refractivity (Wildman–Crippen MR) is 89.5 cm³/mol. The number of benzene rings is 3. The minimum atomic E-state index is 0.381. The van der Waals surface area contributed by atoms with E-state index in [2.05, 4.69) is 48.6 Å². The van der Waals surface area contributed by atoms with Crippen molar-refractivity contribution in [2.75, 3.05) is 5.32 Å². The number of phenols is 1. The zero-order valence-corrected chi connectivity index (χ0v) is 12.6.